The first kappa shape index (κ1) is 61.5. The van der Waals surface area contributed by atoms with Gasteiger partial charge < -0.3 is 20.1 Å². The van der Waals surface area contributed by atoms with Crippen molar-refractivity contribution in [2.24, 2.45) is 5.92 Å². The number of nitrogens with one attached hydrogen (secondary N) is 2. The van der Waals surface area contributed by atoms with E-state index >= 15 is 8.78 Å². The van der Waals surface area contributed by atoms with Gasteiger partial charge in [0.1, 0.15) is 52.5 Å². The number of alkyl carbamates (subject to hydrolysis) is 1. The highest BCUT2D eigenvalue weighted by Gasteiger charge is 2.57. The molecule has 6 rings (SSSR count). The zero-order chi connectivity index (χ0) is 59.5. The molecule has 79 heavy (non-hydrogen) atoms. The van der Waals surface area contributed by atoms with E-state index in [2.05, 4.69) is 37.7 Å². The second kappa shape index (κ2) is 21.8. The van der Waals surface area contributed by atoms with Gasteiger partial charge >= 0.3 is 24.4 Å². The maximum Gasteiger partial charge on any atom is 0.435 e. The number of hydrogen-bond acceptors (Lipinski definition) is 12. The van der Waals surface area contributed by atoms with E-state index in [9.17, 15) is 66.3 Å². The Morgan fingerprint density at radius 1 is 0.886 bits per heavy atom. The highest BCUT2D eigenvalue weighted by molar-refractivity contribution is 7.92. The van der Waals surface area contributed by atoms with Gasteiger partial charge in [0, 0.05) is 34.9 Å². The smallest absolute Gasteiger partial charge is 0.435 e. The van der Waals surface area contributed by atoms with Gasteiger partial charge in [0.05, 0.1) is 33.9 Å². The number of ether oxygens (including phenoxy) is 2. The van der Waals surface area contributed by atoms with E-state index < -0.39 is 173 Å². The van der Waals surface area contributed by atoms with Gasteiger partial charge in [-0.1, -0.05) is 37.4 Å². The molecule has 0 unspecified atom stereocenters. The van der Waals surface area contributed by atoms with Gasteiger partial charge in [-0.3, -0.25) is 14.2 Å². The average Bonchev–Trinajstić information content (AvgIpc) is 3.91. The number of sulfonamides is 1. The first-order chi connectivity index (χ1) is 36.0. The summed E-state index contributed by atoms with van der Waals surface area (Å²) >= 11 is 6.69. The lowest BCUT2D eigenvalue weighted by molar-refractivity contribution is -0.145. The van der Waals surface area contributed by atoms with E-state index in [1.54, 1.807) is 0 Å². The van der Waals surface area contributed by atoms with Crippen molar-refractivity contribution in [1.82, 2.24) is 35.2 Å². The van der Waals surface area contributed by atoms with E-state index in [4.69, 9.17) is 21.1 Å². The molecule has 2 N–H and O–H groups in total. The van der Waals surface area contributed by atoms with Crippen molar-refractivity contribution in [2.45, 2.75) is 122 Å². The Kier molecular flexibility index (Phi) is 17.0. The lowest BCUT2D eigenvalue weighted by Crippen LogP contribution is -2.44. The number of carbonyl (C=O) groups excluding carboxylic acids is 3. The number of benzene rings is 2. The molecule has 0 radical (unpaired) electrons. The fourth-order valence-electron chi connectivity index (χ4n) is 8.31. The van der Waals surface area contributed by atoms with E-state index in [0.717, 1.165) is 63.4 Å². The van der Waals surface area contributed by atoms with Gasteiger partial charge in [0.15, 0.2) is 28.1 Å². The van der Waals surface area contributed by atoms with Crippen LogP contribution >= 0.6 is 11.6 Å². The molecule has 3 heterocycles. The van der Waals surface area contributed by atoms with Gasteiger partial charge in [0.2, 0.25) is 15.9 Å². The summed E-state index contributed by atoms with van der Waals surface area (Å²) in [5, 5.41) is 11.0. The number of amides is 2. The quantitative estimate of drug-likeness (QED) is 0.0435. The van der Waals surface area contributed by atoms with Gasteiger partial charge in [-0.2, -0.15) is 45.3 Å². The first-order valence-corrected chi connectivity index (χ1v) is 27.6. The second-order valence-electron chi connectivity index (χ2n) is 20.2. The van der Waals surface area contributed by atoms with Crippen LogP contribution in [0, 0.1) is 29.4 Å². The number of rotatable bonds is 15. The number of aromatic nitrogens is 5. The summed E-state index contributed by atoms with van der Waals surface area (Å²) in [6.45, 7) is 5.70. The molecule has 0 saturated carbocycles. The maximum absolute atomic E-state index is 15.8. The summed E-state index contributed by atoms with van der Waals surface area (Å²) < 4.78 is 210. The van der Waals surface area contributed by atoms with E-state index in [1.807, 2.05) is 0 Å². The summed E-state index contributed by atoms with van der Waals surface area (Å²) in [4.78, 5) is 44.3. The summed E-state index contributed by atoms with van der Waals surface area (Å²) in [6.07, 6.45) is -10.8. The molecule has 4 atom stereocenters. The SMILES string of the molecule is C[C@@H]1c2c(C(F)(F)F)nn(CC(=O)N[C@@H](Cc3cc(F)cc(F)c3)c3nc(C#CC(C)(C)S(C)(=O)=O)ccc3-c3ccc(Cl)c4c(N(COC(=O)[C@@H](C)NC(=O)OC(C)(C)C)S(C)(=O)=O)nn(CC(F)(F)F)c34)c2C(F)(F)[C@@H]1C. The molecule has 3 aromatic heterocycles. The first-order valence-electron chi connectivity index (χ1n) is 23.4. The zero-order valence-electron chi connectivity index (χ0n) is 43.5. The summed E-state index contributed by atoms with van der Waals surface area (Å²) in [6, 6.07) is 3.21. The number of esters is 1. The molecule has 0 fully saturated rings. The van der Waals surface area contributed by atoms with Crippen LogP contribution in [0.25, 0.3) is 22.0 Å². The Balaban J connectivity index is 1.60. The van der Waals surface area contributed by atoms with E-state index in [0.29, 0.717) is 12.3 Å². The second-order valence-corrected chi connectivity index (χ2v) is 25.1. The number of fused-ring (bicyclic) bond motifs is 2. The van der Waals surface area contributed by atoms with Crippen molar-refractivity contribution in [2.75, 3.05) is 23.5 Å². The molecule has 430 valence electrons. The van der Waals surface area contributed by atoms with Crippen LogP contribution < -0.4 is 14.9 Å². The fourth-order valence-corrected chi connectivity index (χ4v) is 9.47. The molecule has 17 nitrogen and oxygen atoms in total. The number of alkyl halides is 8. The Bertz CT molecular complexity index is 3510. The third kappa shape index (κ3) is 13.9. The molecule has 0 spiro atoms. The molecule has 1 aliphatic carbocycles. The van der Waals surface area contributed by atoms with Gasteiger partial charge in [-0.15, -0.1) is 0 Å². The Hall–Kier alpha value is -6.67. The van der Waals surface area contributed by atoms with Crippen molar-refractivity contribution < 1.29 is 84.6 Å². The van der Waals surface area contributed by atoms with Crippen LogP contribution in [0.1, 0.15) is 101 Å². The van der Waals surface area contributed by atoms with Crippen LogP contribution in [0.3, 0.4) is 0 Å². The number of hydrogen-bond donors (Lipinski definition) is 2. The molecule has 0 saturated heterocycles. The summed E-state index contributed by atoms with van der Waals surface area (Å²) in [5.74, 6) is -7.78. The third-order valence-electron chi connectivity index (χ3n) is 12.5. The van der Waals surface area contributed by atoms with Crippen LogP contribution in [-0.2, 0) is 70.5 Å². The minimum atomic E-state index is -5.28. The largest absolute Gasteiger partial charge is 0.444 e. The molecule has 2 amide bonds. The number of anilines is 1. The van der Waals surface area contributed by atoms with Crippen LogP contribution in [0.2, 0.25) is 5.02 Å². The molecule has 5 aromatic rings. The van der Waals surface area contributed by atoms with Crippen LogP contribution in [0.5, 0.6) is 0 Å². The predicted octanol–water partition coefficient (Wildman–Crippen LogP) is 9.11. The normalized spacial score (nSPS) is 16.6. The maximum atomic E-state index is 15.8. The molecular formula is C49H51ClF10N8O9S2. The molecule has 0 bridgehead atoms. The fraction of sp³-hybridized carbons (Fsp3) is 0.469. The Labute approximate surface area is 451 Å². The minimum Gasteiger partial charge on any atom is -0.444 e. The monoisotopic (exact) mass is 1180 g/mol. The van der Waals surface area contributed by atoms with Crippen molar-refractivity contribution in [3.05, 3.63) is 93.0 Å². The highest BCUT2D eigenvalue weighted by atomic mass is 35.5. The number of sulfone groups is 1. The predicted molar refractivity (Wildman–Crippen MR) is 267 cm³/mol. The minimum absolute atomic E-state index is 0.166. The lowest BCUT2D eigenvalue weighted by Gasteiger charge is -2.24. The molecule has 0 aliphatic heterocycles. The van der Waals surface area contributed by atoms with Gasteiger partial charge in [-0.25, -0.2) is 44.5 Å². The third-order valence-corrected chi connectivity index (χ3v) is 15.9. The summed E-state index contributed by atoms with van der Waals surface area (Å²) in [5.41, 5.74) is -7.17. The van der Waals surface area contributed by atoms with Crippen molar-refractivity contribution >= 4 is 66.2 Å². The lowest BCUT2D eigenvalue weighted by atomic mass is 9.93. The van der Waals surface area contributed by atoms with Gasteiger partial charge in [-0.05, 0) is 95.7 Å². The Morgan fingerprint density at radius 3 is 2.05 bits per heavy atom. The van der Waals surface area contributed by atoms with E-state index in [-0.39, 0.29) is 36.1 Å². The number of pyridine rings is 1. The van der Waals surface area contributed by atoms with Crippen LogP contribution in [-0.4, -0.2) is 101 Å². The van der Waals surface area contributed by atoms with Crippen molar-refractivity contribution in [3.63, 3.8) is 0 Å². The molecular weight excluding hydrogens is 1130 g/mol. The highest BCUT2D eigenvalue weighted by Crippen LogP contribution is 2.55. The number of halogens is 11. The topological polar surface area (TPSA) is 214 Å². The number of nitrogens with zero attached hydrogens (tertiary/aromatic N) is 6. The van der Waals surface area contributed by atoms with Crippen LogP contribution in [0.4, 0.5) is 54.5 Å². The average molecular weight is 1190 g/mol. The Morgan fingerprint density at radius 2 is 1.49 bits per heavy atom. The molecule has 1 aliphatic rings. The molecule has 2 aromatic carbocycles. The standard InChI is InChI=1S/C49H51ClF10N8O9S2/c1-24-25(2)48(56,57)41-36(24)40(49(58,59)60)64-66(41)21-35(69)63-34(19-27-17-28(51)20-29(52)18-27)38-31(12-11-30(62-38)15-16-46(7,8)78(9,72)73)32-13-14-33(50)37-39(32)67(22-47(53,54)55)65-42(37)68(79(10,74)75)23-76-43(70)26(3)61-44(71)77-45(4,5)6/h11-14,17-18,20,24-26,34H,19,21-23H2,1-10H3,(H,61,71)(H,63,69)/t24-,25+,26+,34-/m0/s1. The zero-order valence-corrected chi connectivity index (χ0v) is 45.9. The van der Waals surface area contributed by atoms with Crippen molar-refractivity contribution in [3.8, 4) is 23.0 Å². The van der Waals surface area contributed by atoms with E-state index in [1.165, 1.54) is 34.6 Å². The summed E-state index contributed by atoms with van der Waals surface area (Å²) in [7, 11) is -8.66. The van der Waals surface area contributed by atoms with Crippen LogP contribution in [0.15, 0.2) is 42.5 Å². The molecule has 30 heteroatoms. The number of carbonyl (C=O) groups is 3. The van der Waals surface area contributed by atoms with Gasteiger partial charge in [0.25, 0.3) is 5.92 Å². The van der Waals surface area contributed by atoms with Crippen molar-refractivity contribution in [1.29, 1.82) is 0 Å².